The van der Waals surface area contributed by atoms with Gasteiger partial charge >= 0.3 is 0 Å². The second-order valence-corrected chi connectivity index (χ2v) is 3.82. The summed E-state index contributed by atoms with van der Waals surface area (Å²) in [5, 5.41) is 0. The highest BCUT2D eigenvalue weighted by Crippen LogP contribution is 1.98. The Labute approximate surface area is 54.3 Å². The summed E-state index contributed by atoms with van der Waals surface area (Å²) in [5.41, 5.74) is 0. The number of nitrogens with one attached hydrogen (secondary N) is 1. The maximum atomic E-state index is 10.7. The lowest BCUT2D eigenvalue weighted by Gasteiger charge is -2.19. The summed E-state index contributed by atoms with van der Waals surface area (Å²) in [5.74, 6) is 0.0807. The van der Waals surface area contributed by atoms with Crippen LogP contribution in [-0.4, -0.2) is 27.0 Å². The summed E-state index contributed by atoms with van der Waals surface area (Å²) >= 11 is 0. The molecule has 1 saturated heterocycles. The van der Waals surface area contributed by atoms with Crippen molar-refractivity contribution in [2.45, 2.75) is 13.2 Å². The van der Waals surface area contributed by atoms with Crippen LogP contribution in [0.4, 0.5) is 0 Å². The Balaban J connectivity index is 2.62. The van der Waals surface area contributed by atoms with Crippen molar-refractivity contribution in [1.82, 2.24) is 4.72 Å². The summed E-state index contributed by atoms with van der Waals surface area (Å²) < 4.78 is 28.6. The monoisotopic (exact) mass is 151 g/mol. The molecule has 1 aliphatic heterocycles. The third kappa shape index (κ3) is 1.92. The first-order valence-corrected chi connectivity index (χ1v) is 4.37. The first kappa shape index (κ1) is 6.98. The Hall–Kier alpha value is -0.130. The van der Waals surface area contributed by atoms with Crippen LogP contribution in [0.1, 0.15) is 6.92 Å². The number of hydrogen-bond acceptors (Lipinski definition) is 3. The molecule has 1 fully saturated rings. The summed E-state index contributed by atoms with van der Waals surface area (Å²) in [6.07, 6.45) is -0.358. The Kier molecular flexibility index (Phi) is 1.74. The molecule has 1 atom stereocenters. The van der Waals surface area contributed by atoms with Crippen LogP contribution in [0, 0.1) is 0 Å². The van der Waals surface area contributed by atoms with Gasteiger partial charge in [-0.3, -0.25) is 0 Å². The van der Waals surface area contributed by atoms with Gasteiger partial charge in [-0.2, -0.15) is 4.72 Å². The third-order valence-electron chi connectivity index (χ3n) is 1.07. The zero-order chi connectivity index (χ0) is 6.91. The fourth-order valence-electron chi connectivity index (χ4n) is 0.680. The Morgan fingerprint density at radius 1 is 1.67 bits per heavy atom. The molecule has 0 aromatic carbocycles. The van der Waals surface area contributed by atoms with Crippen molar-refractivity contribution in [3.63, 3.8) is 0 Å². The van der Waals surface area contributed by atoms with E-state index < -0.39 is 10.0 Å². The van der Waals surface area contributed by atoms with Gasteiger partial charge in [-0.1, -0.05) is 0 Å². The van der Waals surface area contributed by atoms with E-state index in [1.807, 2.05) is 0 Å². The Morgan fingerprint density at radius 3 is 2.67 bits per heavy atom. The van der Waals surface area contributed by atoms with Crippen LogP contribution in [0.3, 0.4) is 0 Å². The Bertz CT molecular complexity index is 186. The quantitative estimate of drug-likeness (QED) is 0.497. The minimum absolute atomic E-state index is 0.0807. The summed E-state index contributed by atoms with van der Waals surface area (Å²) in [6.45, 7) is 1.97. The van der Waals surface area contributed by atoms with Crippen molar-refractivity contribution in [2.75, 3.05) is 12.4 Å². The molecule has 1 unspecified atom stereocenters. The topological polar surface area (TPSA) is 55.4 Å². The van der Waals surface area contributed by atoms with E-state index >= 15 is 0 Å². The molecule has 0 bridgehead atoms. The number of ether oxygens (including phenoxy) is 1. The molecule has 0 aromatic heterocycles. The van der Waals surface area contributed by atoms with Gasteiger partial charge in [0, 0.05) is 0 Å². The van der Waals surface area contributed by atoms with Gasteiger partial charge in [0.25, 0.3) is 0 Å². The molecular weight excluding hydrogens is 142 g/mol. The lowest BCUT2D eigenvalue weighted by Crippen LogP contribution is -2.42. The van der Waals surface area contributed by atoms with E-state index in [9.17, 15) is 8.42 Å². The van der Waals surface area contributed by atoms with E-state index in [-0.39, 0.29) is 12.0 Å². The third-order valence-corrected chi connectivity index (χ3v) is 2.46. The maximum absolute atomic E-state index is 10.7. The van der Waals surface area contributed by atoms with Gasteiger partial charge in [0.15, 0.2) is 0 Å². The number of rotatable bonds is 0. The number of sulfonamides is 1. The van der Waals surface area contributed by atoms with Crippen molar-refractivity contribution >= 4 is 10.0 Å². The SMILES string of the molecule is CC1NS(=O)(=O)CCO1. The summed E-state index contributed by atoms with van der Waals surface area (Å²) in [7, 11) is -3.01. The molecule has 1 N–H and O–H groups in total. The molecule has 0 spiro atoms. The predicted molar refractivity (Wildman–Crippen MR) is 32.3 cm³/mol. The van der Waals surface area contributed by atoms with Crippen LogP contribution in [-0.2, 0) is 14.8 Å². The fourth-order valence-corrected chi connectivity index (χ4v) is 1.69. The highest BCUT2D eigenvalue weighted by atomic mass is 32.2. The summed E-state index contributed by atoms with van der Waals surface area (Å²) in [6, 6.07) is 0. The largest absolute Gasteiger partial charge is 0.362 e. The smallest absolute Gasteiger partial charge is 0.216 e. The normalized spacial score (nSPS) is 34.1. The molecule has 1 rings (SSSR count). The van der Waals surface area contributed by atoms with E-state index in [0.29, 0.717) is 6.61 Å². The first-order valence-electron chi connectivity index (χ1n) is 2.72. The molecule has 0 aliphatic carbocycles. The van der Waals surface area contributed by atoms with Gasteiger partial charge in [-0.05, 0) is 6.92 Å². The molecule has 0 amide bonds. The van der Waals surface area contributed by atoms with Crippen molar-refractivity contribution < 1.29 is 13.2 Å². The van der Waals surface area contributed by atoms with Crippen molar-refractivity contribution in [1.29, 1.82) is 0 Å². The lowest BCUT2D eigenvalue weighted by molar-refractivity contribution is 0.0600. The van der Waals surface area contributed by atoms with Crippen LogP contribution < -0.4 is 4.72 Å². The van der Waals surface area contributed by atoms with E-state index in [1.54, 1.807) is 6.92 Å². The Morgan fingerprint density at radius 2 is 2.33 bits per heavy atom. The van der Waals surface area contributed by atoms with Gasteiger partial charge < -0.3 is 4.74 Å². The number of hydrogen-bond donors (Lipinski definition) is 1. The molecule has 54 valence electrons. The molecule has 1 heterocycles. The van der Waals surface area contributed by atoms with Gasteiger partial charge in [0.2, 0.25) is 10.0 Å². The molecule has 0 saturated carbocycles. The average Bonchev–Trinajstić information content (AvgIpc) is 1.60. The predicted octanol–water partition coefficient (Wildman–Crippen LogP) is -0.718. The van der Waals surface area contributed by atoms with E-state index in [0.717, 1.165) is 0 Å². The van der Waals surface area contributed by atoms with Crippen molar-refractivity contribution in [2.24, 2.45) is 0 Å². The highest BCUT2D eigenvalue weighted by molar-refractivity contribution is 7.89. The molecule has 0 aromatic rings. The second kappa shape index (κ2) is 2.24. The standard InChI is InChI=1S/C4H9NO3S/c1-4-5-9(6,7)3-2-8-4/h4-5H,2-3H2,1H3. The van der Waals surface area contributed by atoms with Crippen LogP contribution in [0.15, 0.2) is 0 Å². The van der Waals surface area contributed by atoms with E-state index in [1.165, 1.54) is 0 Å². The minimum Gasteiger partial charge on any atom is -0.362 e. The van der Waals surface area contributed by atoms with Crippen LogP contribution in [0.2, 0.25) is 0 Å². The fraction of sp³-hybridized carbons (Fsp3) is 1.00. The average molecular weight is 151 g/mol. The molecule has 9 heavy (non-hydrogen) atoms. The molecular formula is C4H9NO3S. The maximum Gasteiger partial charge on any atom is 0.216 e. The van der Waals surface area contributed by atoms with Crippen LogP contribution >= 0.6 is 0 Å². The lowest BCUT2D eigenvalue weighted by atomic mass is 10.7. The highest BCUT2D eigenvalue weighted by Gasteiger charge is 2.19. The van der Waals surface area contributed by atoms with E-state index in [2.05, 4.69) is 4.72 Å². The van der Waals surface area contributed by atoms with Gasteiger partial charge in [0.1, 0.15) is 6.23 Å². The second-order valence-electron chi connectivity index (χ2n) is 1.95. The molecule has 5 heteroatoms. The minimum atomic E-state index is -3.01. The van der Waals surface area contributed by atoms with Crippen molar-refractivity contribution in [3.05, 3.63) is 0 Å². The molecule has 1 aliphatic rings. The van der Waals surface area contributed by atoms with Crippen molar-refractivity contribution in [3.8, 4) is 0 Å². The zero-order valence-corrected chi connectivity index (χ0v) is 5.94. The van der Waals surface area contributed by atoms with Gasteiger partial charge in [0.05, 0.1) is 12.4 Å². The van der Waals surface area contributed by atoms with Gasteiger partial charge in [-0.15, -0.1) is 0 Å². The molecule has 0 radical (unpaired) electrons. The van der Waals surface area contributed by atoms with Crippen LogP contribution in [0.5, 0.6) is 0 Å². The zero-order valence-electron chi connectivity index (χ0n) is 5.12. The van der Waals surface area contributed by atoms with Gasteiger partial charge in [-0.25, -0.2) is 8.42 Å². The van der Waals surface area contributed by atoms with E-state index in [4.69, 9.17) is 4.74 Å². The first-order chi connectivity index (χ1) is 4.10. The summed E-state index contributed by atoms with van der Waals surface area (Å²) in [4.78, 5) is 0. The molecule has 4 nitrogen and oxygen atoms in total. The van der Waals surface area contributed by atoms with Crippen LogP contribution in [0.25, 0.3) is 0 Å².